The van der Waals surface area contributed by atoms with E-state index in [0.717, 1.165) is 25.9 Å². The summed E-state index contributed by atoms with van der Waals surface area (Å²) in [6.45, 7) is 1.91. The van der Waals surface area contributed by atoms with Gasteiger partial charge in [-0.3, -0.25) is 0 Å². The molecule has 2 aromatic rings. The molecule has 0 amide bonds. The van der Waals surface area contributed by atoms with E-state index in [-0.39, 0.29) is 5.28 Å². The molecule has 0 aromatic carbocycles. The molecule has 0 saturated carbocycles. The fourth-order valence-electron chi connectivity index (χ4n) is 1.96. The summed E-state index contributed by atoms with van der Waals surface area (Å²) in [5.74, 6) is 0.622. The van der Waals surface area contributed by atoms with Crippen LogP contribution >= 0.6 is 35.0 Å². The number of hydrogen-bond donors (Lipinski definition) is 0. The van der Waals surface area contributed by atoms with Crippen LogP contribution in [-0.4, -0.2) is 33.0 Å². The summed E-state index contributed by atoms with van der Waals surface area (Å²) < 4.78 is 0. The second kappa shape index (κ2) is 6.11. The molecule has 1 aliphatic heterocycles. The molecule has 0 aliphatic carbocycles. The quantitative estimate of drug-likeness (QED) is 0.861. The first-order valence-electron chi connectivity index (χ1n) is 6.17. The van der Waals surface area contributed by atoms with Crippen molar-refractivity contribution in [2.75, 3.05) is 18.0 Å². The van der Waals surface area contributed by atoms with Crippen LogP contribution in [0.3, 0.4) is 0 Å². The van der Waals surface area contributed by atoms with Crippen molar-refractivity contribution in [2.45, 2.75) is 23.0 Å². The van der Waals surface area contributed by atoms with Gasteiger partial charge >= 0.3 is 0 Å². The number of pyridine rings is 1. The third-order valence-electron chi connectivity index (χ3n) is 2.88. The van der Waals surface area contributed by atoms with Crippen LogP contribution in [0, 0.1) is 0 Å². The van der Waals surface area contributed by atoms with E-state index < -0.39 is 0 Å². The van der Waals surface area contributed by atoms with Gasteiger partial charge in [-0.2, -0.15) is 15.0 Å². The van der Waals surface area contributed by atoms with Crippen LogP contribution in [0.5, 0.6) is 0 Å². The minimum atomic E-state index is 0.191. The monoisotopic (exact) mass is 327 g/mol. The summed E-state index contributed by atoms with van der Waals surface area (Å²) in [5, 5.41) is 1.92. The maximum Gasteiger partial charge on any atom is 0.230 e. The Morgan fingerprint density at radius 3 is 2.65 bits per heavy atom. The predicted octanol–water partition coefficient (Wildman–Crippen LogP) is 3.32. The summed E-state index contributed by atoms with van der Waals surface area (Å²) in [4.78, 5) is 19.1. The molecule has 20 heavy (non-hydrogen) atoms. The minimum absolute atomic E-state index is 0.191. The van der Waals surface area contributed by atoms with E-state index in [1.165, 1.54) is 11.8 Å². The molecule has 0 bridgehead atoms. The van der Waals surface area contributed by atoms with Crippen molar-refractivity contribution in [3.8, 4) is 0 Å². The molecule has 5 nitrogen and oxygen atoms in total. The molecule has 3 rings (SSSR count). The molecule has 1 aliphatic rings. The number of anilines is 1. The summed E-state index contributed by atoms with van der Waals surface area (Å²) in [6, 6.07) is 3.56. The largest absolute Gasteiger partial charge is 0.341 e. The molecule has 0 atom stereocenters. The molecule has 2 aromatic heterocycles. The highest BCUT2D eigenvalue weighted by atomic mass is 35.5. The maximum absolute atomic E-state index is 6.08. The lowest BCUT2D eigenvalue weighted by atomic mass is 10.4. The molecule has 0 N–H and O–H groups in total. The summed E-state index contributed by atoms with van der Waals surface area (Å²) in [6.07, 6.45) is 3.98. The molecule has 1 fully saturated rings. The Bertz CT molecular complexity index is 619. The van der Waals surface area contributed by atoms with Gasteiger partial charge in [0.25, 0.3) is 0 Å². The van der Waals surface area contributed by atoms with Crippen molar-refractivity contribution >= 4 is 40.9 Å². The molecule has 0 radical (unpaired) electrons. The highest BCUT2D eigenvalue weighted by Gasteiger charge is 2.17. The summed E-state index contributed by atoms with van der Waals surface area (Å²) in [7, 11) is 0. The highest BCUT2D eigenvalue weighted by molar-refractivity contribution is 7.99. The second-order valence-corrected chi connectivity index (χ2v) is 5.97. The van der Waals surface area contributed by atoms with E-state index in [1.54, 1.807) is 18.3 Å². The Kier molecular flexibility index (Phi) is 4.24. The normalized spacial score (nSPS) is 14.8. The van der Waals surface area contributed by atoms with E-state index in [0.29, 0.717) is 21.2 Å². The third kappa shape index (κ3) is 3.13. The van der Waals surface area contributed by atoms with Crippen LogP contribution in [0.1, 0.15) is 12.8 Å². The number of hydrogen-bond acceptors (Lipinski definition) is 6. The van der Waals surface area contributed by atoms with Crippen molar-refractivity contribution in [2.24, 2.45) is 0 Å². The van der Waals surface area contributed by atoms with Crippen LogP contribution < -0.4 is 4.90 Å². The first-order valence-corrected chi connectivity index (χ1v) is 7.74. The van der Waals surface area contributed by atoms with Gasteiger partial charge in [0.2, 0.25) is 11.2 Å². The number of rotatable bonds is 3. The molecule has 0 spiro atoms. The zero-order valence-electron chi connectivity index (χ0n) is 10.5. The van der Waals surface area contributed by atoms with Crippen LogP contribution in [0.2, 0.25) is 10.3 Å². The van der Waals surface area contributed by atoms with Crippen LogP contribution in [-0.2, 0) is 0 Å². The summed E-state index contributed by atoms with van der Waals surface area (Å²) >= 11 is 13.3. The smallest absolute Gasteiger partial charge is 0.230 e. The zero-order chi connectivity index (χ0) is 13.9. The van der Waals surface area contributed by atoms with Crippen molar-refractivity contribution in [3.63, 3.8) is 0 Å². The van der Waals surface area contributed by atoms with Crippen LogP contribution in [0.4, 0.5) is 5.95 Å². The molecule has 0 unspecified atom stereocenters. The van der Waals surface area contributed by atoms with Crippen molar-refractivity contribution in [1.82, 2.24) is 19.9 Å². The lowest BCUT2D eigenvalue weighted by Gasteiger charge is -2.15. The SMILES string of the molecule is Clc1nc(Sc2ncccc2Cl)nc(N2CCCC2)n1. The van der Waals surface area contributed by atoms with Gasteiger partial charge in [0.05, 0.1) is 5.02 Å². The Labute approximate surface area is 130 Å². The van der Waals surface area contributed by atoms with E-state index in [1.807, 2.05) is 0 Å². The van der Waals surface area contributed by atoms with E-state index in [2.05, 4.69) is 24.8 Å². The predicted molar refractivity (Wildman–Crippen MR) is 79.7 cm³/mol. The van der Waals surface area contributed by atoms with Gasteiger partial charge in [0.1, 0.15) is 5.03 Å². The van der Waals surface area contributed by atoms with Gasteiger partial charge in [-0.05, 0) is 48.3 Å². The molecule has 1 saturated heterocycles. The van der Waals surface area contributed by atoms with Crippen LogP contribution in [0.25, 0.3) is 0 Å². The second-order valence-electron chi connectivity index (χ2n) is 4.27. The molecule has 3 heterocycles. The van der Waals surface area contributed by atoms with Crippen molar-refractivity contribution < 1.29 is 0 Å². The Morgan fingerprint density at radius 2 is 1.90 bits per heavy atom. The standard InChI is InChI=1S/C12H11Cl2N5S/c13-8-4-3-5-15-9(8)20-12-17-10(14)16-11(18-12)19-6-1-2-7-19/h3-5H,1-2,6-7H2. The fraction of sp³-hybridized carbons (Fsp3) is 0.333. The minimum Gasteiger partial charge on any atom is -0.341 e. The van der Waals surface area contributed by atoms with Gasteiger partial charge in [0.15, 0.2) is 5.16 Å². The van der Waals surface area contributed by atoms with Gasteiger partial charge in [-0.25, -0.2) is 4.98 Å². The van der Waals surface area contributed by atoms with E-state index >= 15 is 0 Å². The van der Waals surface area contributed by atoms with Gasteiger partial charge in [-0.15, -0.1) is 0 Å². The van der Waals surface area contributed by atoms with Crippen molar-refractivity contribution in [3.05, 3.63) is 28.6 Å². The lowest BCUT2D eigenvalue weighted by Crippen LogP contribution is -2.21. The van der Waals surface area contributed by atoms with Crippen LogP contribution in [0.15, 0.2) is 28.5 Å². The first-order chi connectivity index (χ1) is 9.72. The van der Waals surface area contributed by atoms with Gasteiger partial charge in [0, 0.05) is 19.3 Å². The Hall–Kier alpha value is -1.11. The molecular formula is C12H11Cl2N5S. The molecule has 104 valence electrons. The van der Waals surface area contributed by atoms with Crippen molar-refractivity contribution in [1.29, 1.82) is 0 Å². The Balaban J connectivity index is 1.88. The fourth-order valence-corrected chi connectivity index (χ4v) is 3.11. The average Bonchev–Trinajstić information content (AvgIpc) is 2.95. The van der Waals surface area contributed by atoms with E-state index in [4.69, 9.17) is 23.2 Å². The topological polar surface area (TPSA) is 54.8 Å². The van der Waals surface area contributed by atoms with Gasteiger partial charge in [-0.1, -0.05) is 11.6 Å². The molecule has 8 heteroatoms. The number of nitrogens with zero attached hydrogens (tertiary/aromatic N) is 5. The number of halogens is 2. The zero-order valence-corrected chi connectivity index (χ0v) is 12.8. The highest BCUT2D eigenvalue weighted by Crippen LogP contribution is 2.30. The Morgan fingerprint density at radius 1 is 1.10 bits per heavy atom. The van der Waals surface area contributed by atoms with E-state index in [9.17, 15) is 0 Å². The lowest BCUT2D eigenvalue weighted by molar-refractivity contribution is 0.825. The average molecular weight is 328 g/mol. The first kappa shape index (κ1) is 13.9. The third-order valence-corrected chi connectivity index (χ3v) is 4.35. The summed E-state index contributed by atoms with van der Waals surface area (Å²) in [5.41, 5.74) is 0. The number of aromatic nitrogens is 4. The molecular weight excluding hydrogens is 317 g/mol. The maximum atomic E-state index is 6.08. The van der Waals surface area contributed by atoms with Gasteiger partial charge < -0.3 is 4.90 Å².